The van der Waals surface area contributed by atoms with Gasteiger partial charge in [-0.2, -0.15) is 0 Å². The molecule has 35 heavy (non-hydrogen) atoms. The first-order valence-corrected chi connectivity index (χ1v) is 10.4. The summed E-state index contributed by atoms with van der Waals surface area (Å²) in [5.41, 5.74) is 3.50. The van der Waals surface area contributed by atoms with E-state index in [1.54, 1.807) is 24.3 Å². The van der Waals surface area contributed by atoms with Gasteiger partial charge in [-0.15, -0.1) is 0 Å². The Bertz CT molecular complexity index is 1580. The van der Waals surface area contributed by atoms with Crippen molar-refractivity contribution < 1.29 is 22.4 Å². The van der Waals surface area contributed by atoms with Gasteiger partial charge in [0.1, 0.15) is 11.6 Å². The molecule has 5 aromatic rings. The Labute approximate surface area is 196 Å². The second-order valence-corrected chi connectivity index (χ2v) is 7.71. The zero-order chi connectivity index (χ0) is 24.5. The number of urea groups is 1. The Morgan fingerprint density at radius 2 is 1.49 bits per heavy atom. The third-order valence-electron chi connectivity index (χ3n) is 5.32. The van der Waals surface area contributed by atoms with Gasteiger partial charge >= 0.3 is 6.03 Å². The van der Waals surface area contributed by atoms with E-state index in [1.165, 1.54) is 12.1 Å². The largest absolute Gasteiger partial charge is 0.338 e. The van der Waals surface area contributed by atoms with Crippen molar-refractivity contribution in [2.45, 2.75) is 0 Å². The maximum atomic E-state index is 13.8. The lowest BCUT2D eigenvalue weighted by atomic mass is 10.0. The number of hydrogen-bond donors (Lipinski definition) is 3. The molecule has 5 nitrogen and oxygen atoms in total. The van der Waals surface area contributed by atoms with Gasteiger partial charge in [0, 0.05) is 11.3 Å². The van der Waals surface area contributed by atoms with Crippen LogP contribution in [-0.2, 0) is 0 Å². The van der Waals surface area contributed by atoms with Crippen LogP contribution in [0.25, 0.3) is 33.5 Å². The van der Waals surface area contributed by atoms with Crippen LogP contribution in [0.4, 0.5) is 33.7 Å². The molecule has 0 fully saturated rings. The van der Waals surface area contributed by atoms with Gasteiger partial charge in [0.05, 0.1) is 16.7 Å². The van der Waals surface area contributed by atoms with Gasteiger partial charge in [-0.3, -0.25) is 0 Å². The van der Waals surface area contributed by atoms with Crippen molar-refractivity contribution in [3.05, 3.63) is 102 Å². The fourth-order valence-corrected chi connectivity index (χ4v) is 3.65. The Hall–Kier alpha value is -4.66. The fraction of sp³-hybridized carbons (Fsp3) is 0. The summed E-state index contributed by atoms with van der Waals surface area (Å²) in [5.74, 6) is -4.28. The molecular weight excluding hydrogens is 460 g/mol. The van der Waals surface area contributed by atoms with Gasteiger partial charge in [0.2, 0.25) is 0 Å². The number of rotatable bonds is 4. The molecule has 0 aliphatic rings. The molecule has 0 spiro atoms. The Kier molecular flexibility index (Phi) is 5.66. The number of halogens is 4. The van der Waals surface area contributed by atoms with Gasteiger partial charge in [-0.1, -0.05) is 30.3 Å². The number of nitrogens with one attached hydrogen (secondary N) is 3. The summed E-state index contributed by atoms with van der Waals surface area (Å²) in [6.45, 7) is 0. The van der Waals surface area contributed by atoms with Gasteiger partial charge in [-0.25, -0.2) is 27.3 Å². The second kappa shape index (κ2) is 8.94. The quantitative estimate of drug-likeness (QED) is 0.191. The van der Waals surface area contributed by atoms with Crippen molar-refractivity contribution in [3.63, 3.8) is 0 Å². The summed E-state index contributed by atoms with van der Waals surface area (Å²) >= 11 is 0. The topological polar surface area (TPSA) is 69.8 Å². The van der Waals surface area contributed by atoms with Crippen LogP contribution in [0.5, 0.6) is 0 Å². The molecule has 0 aliphatic heterocycles. The minimum Gasteiger partial charge on any atom is -0.338 e. The number of aromatic nitrogens is 2. The number of hydrogen-bond acceptors (Lipinski definition) is 2. The predicted octanol–water partition coefficient (Wildman–Crippen LogP) is 7.10. The number of carbonyl (C=O) groups excluding carboxylic acids is 1. The highest BCUT2D eigenvalue weighted by molar-refractivity contribution is 6.00. The van der Waals surface area contributed by atoms with Gasteiger partial charge in [0.25, 0.3) is 0 Å². The number of carbonyl (C=O) groups is 1. The number of amides is 2. The van der Waals surface area contributed by atoms with Crippen LogP contribution in [0.1, 0.15) is 0 Å². The Morgan fingerprint density at radius 3 is 2.31 bits per heavy atom. The third kappa shape index (κ3) is 4.56. The zero-order valence-corrected chi connectivity index (χ0v) is 17.9. The zero-order valence-electron chi connectivity index (χ0n) is 17.9. The van der Waals surface area contributed by atoms with Crippen molar-refractivity contribution in [1.29, 1.82) is 0 Å². The first kappa shape index (κ1) is 22.1. The summed E-state index contributed by atoms with van der Waals surface area (Å²) in [5, 5.41) is 4.71. The lowest BCUT2D eigenvalue weighted by molar-refractivity contribution is 0.262. The molecule has 0 bridgehead atoms. The normalized spacial score (nSPS) is 11.0. The molecule has 1 aromatic heterocycles. The van der Waals surface area contributed by atoms with Gasteiger partial charge in [0.15, 0.2) is 17.5 Å². The molecule has 0 unspecified atom stereocenters. The van der Waals surface area contributed by atoms with Crippen molar-refractivity contribution in [3.8, 4) is 22.5 Å². The first-order chi connectivity index (χ1) is 16.9. The highest BCUT2D eigenvalue weighted by Crippen LogP contribution is 2.28. The van der Waals surface area contributed by atoms with Crippen LogP contribution in [0, 0.1) is 23.3 Å². The van der Waals surface area contributed by atoms with Crippen LogP contribution in [0.15, 0.2) is 78.9 Å². The molecule has 1 heterocycles. The van der Waals surface area contributed by atoms with E-state index in [2.05, 4.69) is 20.6 Å². The van der Waals surface area contributed by atoms with E-state index in [0.717, 1.165) is 28.8 Å². The number of H-pyrrole nitrogens is 1. The van der Waals surface area contributed by atoms with Crippen molar-refractivity contribution in [1.82, 2.24) is 9.97 Å². The third-order valence-corrected chi connectivity index (χ3v) is 5.32. The maximum absolute atomic E-state index is 13.8. The van der Waals surface area contributed by atoms with Crippen LogP contribution in [0.2, 0.25) is 0 Å². The van der Waals surface area contributed by atoms with Crippen LogP contribution < -0.4 is 10.6 Å². The fourth-order valence-electron chi connectivity index (χ4n) is 3.65. The molecule has 9 heteroatoms. The highest BCUT2D eigenvalue weighted by atomic mass is 19.2. The maximum Gasteiger partial charge on any atom is 0.323 e. The minimum atomic E-state index is -1.67. The molecule has 3 N–H and O–H groups in total. The lowest BCUT2D eigenvalue weighted by Crippen LogP contribution is -2.20. The van der Waals surface area contributed by atoms with Gasteiger partial charge in [-0.05, 0) is 59.7 Å². The van der Waals surface area contributed by atoms with E-state index in [0.29, 0.717) is 22.5 Å². The number of benzene rings is 4. The smallest absolute Gasteiger partial charge is 0.323 e. The predicted molar refractivity (Wildman–Crippen MR) is 126 cm³/mol. The molecule has 5 rings (SSSR count). The Morgan fingerprint density at radius 1 is 0.743 bits per heavy atom. The van der Waals surface area contributed by atoms with Crippen LogP contribution >= 0.6 is 0 Å². The van der Waals surface area contributed by atoms with E-state index < -0.39 is 29.2 Å². The molecule has 2 amide bonds. The van der Waals surface area contributed by atoms with Crippen molar-refractivity contribution in [2.75, 3.05) is 10.6 Å². The average Bonchev–Trinajstić information content (AvgIpc) is 3.28. The van der Waals surface area contributed by atoms with E-state index in [4.69, 9.17) is 0 Å². The summed E-state index contributed by atoms with van der Waals surface area (Å²) in [7, 11) is 0. The van der Waals surface area contributed by atoms with Crippen molar-refractivity contribution in [2.24, 2.45) is 0 Å². The van der Waals surface area contributed by atoms with E-state index in [1.807, 2.05) is 30.3 Å². The standard InChI is InChI=1S/C26H16F4N4O/c27-17-7-9-20-22(13-17)33-25(32-20)16-5-1-3-14(11-16)15-4-2-6-18(12-15)31-26(35)34-21-10-8-19(28)23(29)24(21)30/h1-13H,(H,32,33)(H2,31,34,35). The van der Waals surface area contributed by atoms with E-state index in [-0.39, 0.29) is 5.82 Å². The van der Waals surface area contributed by atoms with Crippen LogP contribution in [0.3, 0.4) is 0 Å². The first-order valence-electron chi connectivity index (χ1n) is 10.4. The van der Waals surface area contributed by atoms with E-state index in [9.17, 15) is 22.4 Å². The number of fused-ring (bicyclic) bond motifs is 1. The summed E-state index contributed by atoms with van der Waals surface area (Å²) in [6.07, 6.45) is 0. The number of nitrogens with zero attached hydrogens (tertiary/aromatic N) is 1. The SMILES string of the molecule is O=C(Nc1cccc(-c2cccc(-c3nc4ccc(F)cc4[nH]3)c2)c1)Nc1ccc(F)c(F)c1F. The number of imidazole rings is 1. The molecule has 4 aromatic carbocycles. The monoisotopic (exact) mass is 476 g/mol. The molecule has 0 saturated heterocycles. The summed E-state index contributed by atoms with van der Waals surface area (Å²) < 4.78 is 53.8. The second-order valence-electron chi connectivity index (χ2n) is 7.71. The minimum absolute atomic E-state index is 0.359. The number of aromatic amines is 1. The molecule has 174 valence electrons. The molecular formula is C26H16F4N4O. The average molecular weight is 476 g/mol. The molecule has 0 radical (unpaired) electrons. The van der Waals surface area contributed by atoms with Crippen LogP contribution in [-0.4, -0.2) is 16.0 Å². The van der Waals surface area contributed by atoms with Gasteiger partial charge < -0.3 is 15.6 Å². The summed E-state index contributed by atoms with van der Waals surface area (Å²) in [4.78, 5) is 19.9. The van der Waals surface area contributed by atoms with E-state index >= 15 is 0 Å². The Balaban J connectivity index is 1.37. The molecule has 0 atom stereocenters. The molecule has 0 saturated carbocycles. The summed E-state index contributed by atoms with van der Waals surface area (Å²) in [6, 6.07) is 19.5. The lowest BCUT2D eigenvalue weighted by Gasteiger charge is -2.11. The molecule has 0 aliphatic carbocycles. The highest BCUT2D eigenvalue weighted by Gasteiger charge is 2.15. The van der Waals surface area contributed by atoms with Crippen molar-refractivity contribution >= 4 is 28.4 Å². The number of anilines is 2.